The van der Waals surface area contributed by atoms with E-state index < -0.39 is 0 Å². The zero-order valence-electron chi connectivity index (χ0n) is 12.0. The Balaban J connectivity index is 4.61. The molecule has 0 aliphatic rings. The molecule has 0 saturated heterocycles. The Kier molecular flexibility index (Phi) is 7.30. The van der Waals surface area contributed by atoms with Crippen LogP contribution in [0.5, 0.6) is 0 Å². The fourth-order valence-electron chi connectivity index (χ4n) is 3.41. The van der Waals surface area contributed by atoms with Gasteiger partial charge in [0.2, 0.25) is 0 Å². The van der Waals surface area contributed by atoms with Crippen molar-refractivity contribution in [2.24, 2.45) is 29.6 Å². The minimum Gasteiger partial charge on any atom is -0.0654 e. The summed E-state index contributed by atoms with van der Waals surface area (Å²) < 4.78 is 0. The highest BCUT2D eigenvalue weighted by molar-refractivity contribution is 4.78. The van der Waals surface area contributed by atoms with Gasteiger partial charge in [-0.1, -0.05) is 67.7 Å². The predicted molar refractivity (Wildman–Crippen MR) is 71.0 cm³/mol. The molecule has 0 heteroatoms. The van der Waals surface area contributed by atoms with E-state index in [1.807, 2.05) is 0 Å². The molecule has 0 rings (SSSR count). The first kappa shape index (κ1) is 15.0. The van der Waals surface area contributed by atoms with Crippen LogP contribution in [0.3, 0.4) is 0 Å². The van der Waals surface area contributed by atoms with Gasteiger partial charge in [0.05, 0.1) is 0 Å². The lowest BCUT2D eigenvalue weighted by molar-refractivity contribution is 0.124. The van der Waals surface area contributed by atoms with Crippen molar-refractivity contribution < 1.29 is 0 Å². The SMILES string of the molecule is CCCC(C)C(C(C)C)C(CC)C(C)C. The van der Waals surface area contributed by atoms with E-state index in [0.29, 0.717) is 0 Å². The third-order valence-electron chi connectivity index (χ3n) is 3.99. The largest absolute Gasteiger partial charge is 0.0654 e. The van der Waals surface area contributed by atoms with Crippen molar-refractivity contribution in [3.8, 4) is 0 Å². The second-order valence-electron chi connectivity index (χ2n) is 5.90. The maximum atomic E-state index is 2.46. The predicted octanol–water partition coefficient (Wildman–Crippen LogP) is 5.38. The second kappa shape index (κ2) is 7.30. The Labute approximate surface area is 97.8 Å². The van der Waals surface area contributed by atoms with E-state index in [9.17, 15) is 0 Å². The van der Waals surface area contributed by atoms with E-state index >= 15 is 0 Å². The molecule has 0 radical (unpaired) electrons. The van der Waals surface area contributed by atoms with Crippen molar-refractivity contribution in [2.75, 3.05) is 0 Å². The van der Waals surface area contributed by atoms with E-state index in [2.05, 4.69) is 48.5 Å². The Bertz CT molecular complexity index is 146. The minimum absolute atomic E-state index is 0.832. The highest BCUT2D eigenvalue weighted by atomic mass is 14.3. The van der Waals surface area contributed by atoms with Crippen molar-refractivity contribution in [1.29, 1.82) is 0 Å². The lowest BCUT2D eigenvalue weighted by atomic mass is 9.69. The molecule has 0 saturated carbocycles. The Morgan fingerprint density at radius 2 is 1.33 bits per heavy atom. The summed E-state index contributed by atoms with van der Waals surface area (Å²) in [6, 6.07) is 0. The molecule has 3 atom stereocenters. The molecule has 0 aliphatic carbocycles. The fraction of sp³-hybridized carbons (Fsp3) is 1.00. The lowest BCUT2D eigenvalue weighted by Gasteiger charge is -2.37. The van der Waals surface area contributed by atoms with Gasteiger partial charge in [0.1, 0.15) is 0 Å². The van der Waals surface area contributed by atoms with Crippen molar-refractivity contribution in [2.45, 2.75) is 67.7 Å². The quantitative estimate of drug-likeness (QED) is 0.531. The van der Waals surface area contributed by atoms with Gasteiger partial charge in [0.15, 0.2) is 0 Å². The molecular formula is C15H32. The van der Waals surface area contributed by atoms with Crippen LogP contribution in [0, 0.1) is 29.6 Å². The lowest BCUT2D eigenvalue weighted by Crippen LogP contribution is -2.29. The van der Waals surface area contributed by atoms with Crippen LogP contribution in [0.15, 0.2) is 0 Å². The average Bonchev–Trinajstić information content (AvgIpc) is 2.12. The van der Waals surface area contributed by atoms with Crippen molar-refractivity contribution in [3.63, 3.8) is 0 Å². The fourth-order valence-corrected chi connectivity index (χ4v) is 3.41. The first-order chi connectivity index (χ1) is 6.95. The molecule has 0 N–H and O–H groups in total. The zero-order chi connectivity index (χ0) is 12.0. The molecule has 92 valence electrons. The Morgan fingerprint density at radius 1 is 0.800 bits per heavy atom. The molecule has 0 nitrogen and oxygen atoms in total. The molecule has 3 unspecified atom stereocenters. The molecule has 0 aromatic carbocycles. The molecule has 15 heavy (non-hydrogen) atoms. The molecule has 0 aromatic heterocycles. The number of hydrogen-bond donors (Lipinski definition) is 0. The van der Waals surface area contributed by atoms with Gasteiger partial charge in [-0.05, 0) is 29.6 Å². The molecule has 0 spiro atoms. The van der Waals surface area contributed by atoms with E-state index in [4.69, 9.17) is 0 Å². The summed E-state index contributed by atoms with van der Waals surface area (Å²) in [6.45, 7) is 16.7. The minimum atomic E-state index is 0.832. The molecule has 0 bridgehead atoms. The maximum Gasteiger partial charge on any atom is -0.0335 e. The van der Waals surface area contributed by atoms with Gasteiger partial charge in [-0.15, -0.1) is 0 Å². The van der Waals surface area contributed by atoms with E-state index in [0.717, 1.165) is 29.6 Å². The monoisotopic (exact) mass is 212 g/mol. The molecule has 0 aliphatic heterocycles. The Morgan fingerprint density at radius 3 is 1.60 bits per heavy atom. The zero-order valence-corrected chi connectivity index (χ0v) is 12.0. The van der Waals surface area contributed by atoms with Gasteiger partial charge in [0.25, 0.3) is 0 Å². The summed E-state index contributed by atoms with van der Waals surface area (Å²) in [4.78, 5) is 0. The van der Waals surface area contributed by atoms with E-state index in [1.54, 1.807) is 0 Å². The molecule has 0 fully saturated rings. The van der Waals surface area contributed by atoms with Gasteiger partial charge in [-0.25, -0.2) is 0 Å². The van der Waals surface area contributed by atoms with E-state index in [1.165, 1.54) is 19.3 Å². The standard InChI is InChI=1S/C15H32/c1-8-10-13(7)15(12(5)6)14(9-2)11(3)4/h11-15H,8-10H2,1-7H3. The molecule has 0 aromatic rings. The van der Waals surface area contributed by atoms with Crippen LogP contribution in [0.2, 0.25) is 0 Å². The van der Waals surface area contributed by atoms with Gasteiger partial charge in [-0.3, -0.25) is 0 Å². The van der Waals surface area contributed by atoms with Crippen LogP contribution in [-0.4, -0.2) is 0 Å². The topological polar surface area (TPSA) is 0 Å². The van der Waals surface area contributed by atoms with Crippen molar-refractivity contribution in [3.05, 3.63) is 0 Å². The summed E-state index contributed by atoms with van der Waals surface area (Å²) in [5.41, 5.74) is 0. The highest BCUT2D eigenvalue weighted by Gasteiger charge is 2.29. The molecule has 0 amide bonds. The second-order valence-corrected chi connectivity index (χ2v) is 5.90. The van der Waals surface area contributed by atoms with Crippen LogP contribution in [-0.2, 0) is 0 Å². The van der Waals surface area contributed by atoms with Gasteiger partial charge in [-0.2, -0.15) is 0 Å². The van der Waals surface area contributed by atoms with Crippen molar-refractivity contribution in [1.82, 2.24) is 0 Å². The summed E-state index contributed by atoms with van der Waals surface area (Å²) in [7, 11) is 0. The summed E-state index contributed by atoms with van der Waals surface area (Å²) in [5, 5.41) is 0. The van der Waals surface area contributed by atoms with Crippen LogP contribution >= 0.6 is 0 Å². The number of hydrogen-bond acceptors (Lipinski definition) is 0. The van der Waals surface area contributed by atoms with E-state index in [-0.39, 0.29) is 0 Å². The normalized spacial score (nSPS) is 18.2. The third kappa shape index (κ3) is 4.57. The summed E-state index contributed by atoms with van der Waals surface area (Å²) in [6.07, 6.45) is 4.07. The first-order valence-corrected chi connectivity index (χ1v) is 6.95. The van der Waals surface area contributed by atoms with Gasteiger partial charge >= 0.3 is 0 Å². The molecule has 0 heterocycles. The molecular weight excluding hydrogens is 180 g/mol. The summed E-state index contributed by atoms with van der Waals surface area (Å²) in [5.74, 6) is 4.38. The van der Waals surface area contributed by atoms with Gasteiger partial charge in [0, 0.05) is 0 Å². The van der Waals surface area contributed by atoms with Crippen LogP contribution in [0.1, 0.15) is 67.7 Å². The number of rotatable bonds is 7. The van der Waals surface area contributed by atoms with Crippen LogP contribution in [0.4, 0.5) is 0 Å². The van der Waals surface area contributed by atoms with Crippen molar-refractivity contribution >= 4 is 0 Å². The maximum absolute atomic E-state index is 2.46. The van der Waals surface area contributed by atoms with Crippen LogP contribution < -0.4 is 0 Å². The van der Waals surface area contributed by atoms with Crippen LogP contribution in [0.25, 0.3) is 0 Å². The third-order valence-corrected chi connectivity index (χ3v) is 3.99. The van der Waals surface area contributed by atoms with Gasteiger partial charge < -0.3 is 0 Å². The highest BCUT2D eigenvalue weighted by Crippen LogP contribution is 2.37. The average molecular weight is 212 g/mol. The summed E-state index contributed by atoms with van der Waals surface area (Å²) >= 11 is 0. The first-order valence-electron chi connectivity index (χ1n) is 6.95. The Hall–Kier alpha value is 0. The smallest absolute Gasteiger partial charge is 0.0335 e.